The molecule has 1 unspecified atom stereocenters. The standard InChI is InChI=1S/C20H20Cl3N3O3S/c1-3-29-17(28)14-8-10-15(11-9-14)24-19(30)26-18(20(21,22)23)25-16(27)13-6-4-12(2)5-7-13/h4-11,18H,3H2,1-2H3,(H,25,27)(H2,24,26,30). The predicted molar refractivity (Wildman–Crippen MR) is 124 cm³/mol. The zero-order chi connectivity index (χ0) is 22.3. The molecule has 160 valence electrons. The predicted octanol–water partition coefficient (Wildman–Crippen LogP) is 4.58. The molecular weight excluding hydrogens is 469 g/mol. The van der Waals surface area contributed by atoms with Crippen LogP contribution < -0.4 is 16.0 Å². The Morgan fingerprint density at radius 2 is 1.57 bits per heavy atom. The molecule has 0 heterocycles. The van der Waals surface area contributed by atoms with Crippen LogP contribution in [0.25, 0.3) is 0 Å². The monoisotopic (exact) mass is 487 g/mol. The number of hydrogen-bond donors (Lipinski definition) is 3. The van der Waals surface area contributed by atoms with Gasteiger partial charge in [-0.3, -0.25) is 4.79 Å². The second-order valence-electron chi connectivity index (χ2n) is 6.21. The Bertz CT molecular complexity index is 900. The Labute approximate surface area is 195 Å². The Morgan fingerprint density at radius 1 is 1.00 bits per heavy atom. The summed E-state index contributed by atoms with van der Waals surface area (Å²) in [5, 5.41) is 8.40. The Hall–Kier alpha value is -2.06. The van der Waals surface area contributed by atoms with Crippen molar-refractivity contribution in [3.05, 3.63) is 65.2 Å². The topological polar surface area (TPSA) is 79.5 Å². The van der Waals surface area contributed by atoms with Crippen molar-refractivity contribution >= 4 is 69.7 Å². The molecule has 2 rings (SSSR count). The number of nitrogens with one attached hydrogen (secondary N) is 3. The third-order valence-corrected chi connectivity index (χ3v) is 4.72. The molecule has 0 saturated heterocycles. The zero-order valence-electron chi connectivity index (χ0n) is 16.2. The number of carbonyl (C=O) groups is 2. The SMILES string of the molecule is CCOC(=O)c1ccc(NC(=S)NC(NC(=O)c2ccc(C)cc2)C(Cl)(Cl)Cl)cc1. The van der Waals surface area contributed by atoms with Gasteiger partial charge in [0.1, 0.15) is 6.17 Å². The van der Waals surface area contributed by atoms with Crippen LogP contribution in [0.2, 0.25) is 0 Å². The summed E-state index contributed by atoms with van der Waals surface area (Å²) >= 11 is 23.3. The smallest absolute Gasteiger partial charge is 0.338 e. The highest BCUT2D eigenvalue weighted by Gasteiger charge is 2.34. The van der Waals surface area contributed by atoms with Crippen molar-refractivity contribution in [2.45, 2.75) is 23.8 Å². The third kappa shape index (κ3) is 7.32. The van der Waals surface area contributed by atoms with Crippen LogP contribution in [0.4, 0.5) is 5.69 Å². The summed E-state index contributed by atoms with van der Waals surface area (Å²) in [6, 6.07) is 13.4. The molecule has 10 heteroatoms. The van der Waals surface area contributed by atoms with Crippen LogP contribution in [0.5, 0.6) is 0 Å². The fraction of sp³-hybridized carbons (Fsp3) is 0.250. The number of alkyl halides is 3. The highest BCUT2D eigenvalue weighted by molar-refractivity contribution is 7.80. The average molecular weight is 489 g/mol. The number of amides is 1. The summed E-state index contributed by atoms with van der Waals surface area (Å²) in [5.74, 6) is -0.847. The number of halogens is 3. The van der Waals surface area contributed by atoms with Crippen molar-refractivity contribution in [3.8, 4) is 0 Å². The molecule has 0 aliphatic carbocycles. The molecular formula is C20H20Cl3N3O3S. The molecule has 6 nitrogen and oxygen atoms in total. The lowest BCUT2D eigenvalue weighted by molar-refractivity contribution is 0.0526. The van der Waals surface area contributed by atoms with Crippen molar-refractivity contribution in [2.75, 3.05) is 11.9 Å². The van der Waals surface area contributed by atoms with E-state index in [1.807, 2.05) is 6.92 Å². The van der Waals surface area contributed by atoms with Gasteiger partial charge in [-0.25, -0.2) is 4.79 Å². The van der Waals surface area contributed by atoms with Crippen LogP contribution in [0.3, 0.4) is 0 Å². The third-order valence-electron chi connectivity index (χ3n) is 3.85. The lowest BCUT2D eigenvalue weighted by Gasteiger charge is -2.27. The highest BCUT2D eigenvalue weighted by atomic mass is 35.6. The van der Waals surface area contributed by atoms with Crippen LogP contribution in [-0.4, -0.2) is 33.6 Å². The summed E-state index contributed by atoms with van der Waals surface area (Å²) in [7, 11) is 0. The van der Waals surface area contributed by atoms with E-state index in [0.29, 0.717) is 23.4 Å². The molecule has 1 atom stereocenters. The number of anilines is 1. The molecule has 0 saturated carbocycles. The normalized spacial score (nSPS) is 11.9. The molecule has 0 radical (unpaired) electrons. The van der Waals surface area contributed by atoms with Gasteiger partial charge in [-0.15, -0.1) is 0 Å². The van der Waals surface area contributed by atoms with Crippen LogP contribution in [-0.2, 0) is 4.74 Å². The van der Waals surface area contributed by atoms with E-state index in [1.54, 1.807) is 55.5 Å². The van der Waals surface area contributed by atoms with E-state index in [-0.39, 0.29) is 5.11 Å². The number of benzene rings is 2. The van der Waals surface area contributed by atoms with Crippen molar-refractivity contribution in [1.29, 1.82) is 0 Å². The quantitative estimate of drug-likeness (QED) is 0.239. The molecule has 0 aromatic heterocycles. The van der Waals surface area contributed by atoms with Crippen molar-refractivity contribution in [2.24, 2.45) is 0 Å². The number of esters is 1. The van der Waals surface area contributed by atoms with Gasteiger partial charge in [0, 0.05) is 11.3 Å². The van der Waals surface area contributed by atoms with E-state index in [9.17, 15) is 9.59 Å². The number of aryl methyl sites for hydroxylation is 1. The fourth-order valence-electron chi connectivity index (χ4n) is 2.32. The van der Waals surface area contributed by atoms with Gasteiger partial charge in [-0.05, 0) is 62.5 Å². The van der Waals surface area contributed by atoms with Crippen LogP contribution in [0, 0.1) is 6.92 Å². The number of carbonyl (C=O) groups excluding carboxylic acids is 2. The number of thiocarbonyl (C=S) groups is 1. The van der Waals surface area contributed by atoms with E-state index in [4.69, 9.17) is 51.8 Å². The van der Waals surface area contributed by atoms with Gasteiger partial charge in [0.25, 0.3) is 5.91 Å². The summed E-state index contributed by atoms with van der Waals surface area (Å²) < 4.78 is 3.06. The lowest BCUT2D eigenvalue weighted by atomic mass is 10.1. The fourth-order valence-corrected chi connectivity index (χ4v) is 2.88. The molecule has 2 aromatic carbocycles. The first-order valence-corrected chi connectivity index (χ1v) is 10.4. The maximum absolute atomic E-state index is 12.5. The Morgan fingerprint density at radius 3 is 2.10 bits per heavy atom. The van der Waals surface area contributed by atoms with Crippen LogP contribution >= 0.6 is 47.0 Å². The first-order chi connectivity index (χ1) is 14.1. The van der Waals surface area contributed by atoms with Gasteiger partial charge in [0.2, 0.25) is 3.79 Å². The first kappa shape index (κ1) is 24.2. The second kappa shape index (κ2) is 10.8. The Kier molecular flexibility index (Phi) is 8.73. The molecule has 0 fully saturated rings. The molecule has 3 N–H and O–H groups in total. The zero-order valence-corrected chi connectivity index (χ0v) is 19.3. The minimum absolute atomic E-state index is 0.111. The van der Waals surface area contributed by atoms with E-state index in [0.717, 1.165) is 5.56 Å². The summed E-state index contributed by atoms with van der Waals surface area (Å²) in [6.07, 6.45) is -1.10. The maximum Gasteiger partial charge on any atom is 0.338 e. The van der Waals surface area contributed by atoms with Crippen molar-refractivity contribution < 1.29 is 14.3 Å². The number of hydrogen-bond acceptors (Lipinski definition) is 4. The van der Waals surface area contributed by atoms with E-state index in [2.05, 4.69) is 16.0 Å². The van der Waals surface area contributed by atoms with Crippen LogP contribution in [0.1, 0.15) is 33.2 Å². The van der Waals surface area contributed by atoms with Gasteiger partial charge < -0.3 is 20.7 Å². The number of rotatable bonds is 6. The minimum atomic E-state index is -1.88. The summed E-state index contributed by atoms with van der Waals surface area (Å²) in [5.41, 5.74) is 2.43. The maximum atomic E-state index is 12.5. The van der Waals surface area contributed by atoms with E-state index < -0.39 is 21.8 Å². The minimum Gasteiger partial charge on any atom is -0.462 e. The largest absolute Gasteiger partial charge is 0.462 e. The molecule has 0 aliphatic heterocycles. The molecule has 0 bridgehead atoms. The van der Waals surface area contributed by atoms with E-state index >= 15 is 0 Å². The van der Waals surface area contributed by atoms with Crippen molar-refractivity contribution in [1.82, 2.24) is 10.6 Å². The van der Waals surface area contributed by atoms with E-state index in [1.165, 1.54) is 0 Å². The van der Waals surface area contributed by atoms with Crippen molar-refractivity contribution in [3.63, 3.8) is 0 Å². The van der Waals surface area contributed by atoms with Crippen LogP contribution in [0.15, 0.2) is 48.5 Å². The molecule has 0 spiro atoms. The van der Waals surface area contributed by atoms with Gasteiger partial charge in [-0.1, -0.05) is 52.5 Å². The summed E-state index contributed by atoms with van der Waals surface area (Å²) in [4.78, 5) is 24.2. The average Bonchev–Trinajstić information content (AvgIpc) is 2.68. The highest BCUT2D eigenvalue weighted by Crippen LogP contribution is 2.29. The number of ether oxygens (including phenoxy) is 1. The first-order valence-electron chi connectivity index (χ1n) is 8.89. The lowest BCUT2D eigenvalue weighted by Crippen LogP contribution is -2.56. The molecule has 2 aromatic rings. The summed E-state index contributed by atoms with van der Waals surface area (Å²) in [6.45, 7) is 3.94. The molecule has 0 aliphatic rings. The van der Waals surface area contributed by atoms with Gasteiger partial charge in [-0.2, -0.15) is 0 Å². The van der Waals surface area contributed by atoms with Gasteiger partial charge >= 0.3 is 5.97 Å². The van der Waals surface area contributed by atoms with Gasteiger partial charge in [0.15, 0.2) is 5.11 Å². The second-order valence-corrected chi connectivity index (χ2v) is 8.99. The van der Waals surface area contributed by atoms with Gasteiger partial charge in [0.05, 0.1) is 12.2 Å². The molecule has 30 heavy (non-hydrogen) atoms. The Balaban J connectivity index is 2.02. The molecule has 1 amide bonds.